The molecule has 0 aliphatic carbocycles. The van der Waals surface area contributed by atoms with Crippen molar-refractivity contribution in [2.24, 2.45) is 0 Å². The fraction of sp³-hybridized carbons (Fsp3) is 0.194. The summed E-state index contributed by atoms with van der Waals surface area (Å²) in [5.74, 6) is -3.37. The molecule has 7 aromatic carbocycles. The van der Waals surface area contributed by atoms with Crippen molar-refractivity contribution in [1.82, 2.24) is 18.3 Å². The zero-order valence-electron chi connectivity index (χ0n) is 50.6. The molecule has 2 aliphatic rings. The van der Waals surface area contributed by atoms with Crippen molar-refractivity contribution >= 4 is 50.1 Å². The van der Waals surface area contributed by atoms with E-state index in [1.807, 2.05) is 0 Å². The summed E-state index contributed by atoms with van der Waals surface area (Å²) >= 11 is 5.01. The molecule has 2 aliphatic heterocycles. The summed E-state index contributed by atoms with van der Waals surface area (Å²) in [5.41, 5.74) is -5.41. The Balaban J connectivity index is 1.01. The van der Waals surface area contributed by atoms with Crippen LogP contribution >= 0.6 is 14.5 Å². The molecule has 29 heteroatoms. The van der Waals surface area contributed by atoms with Crippen LogP contribution in [0.5, 0.6) is 11.5 Å². The lowest BCUT2D eigenvalue weighted by molar-refractivity contribution is -0.0964. The molecule has 0 amide bonds. The molecule has 2 fully saturated rings. The highest BCUT2D eigenvalue weighted by Crippen LogP contribution is 2.53. The molecule has 3 N–H and O–H groups in total. The van der Waals surface area contributed by atoms with E-state index in [4.69, 9.17) is 58.5 Å². The summed E-state index contributed by atoms with van der Waals surface area (Å²) in [6, 6.07) is 53.4. The molecule has 2 saturated heterocycles. The number of hydrogen-bond acceptors (Lipinski definition) is 20. The number of carbonyl (C=O) groups excluding carboxylic acids is 4. The number of carbonyl (C=O) groups is 4. The Bertz CT molecular complexity index is 4590. The molecule has 2 aromatic heterocycles. The van der Waals surface area contributed by atoms with Crippen LogP contribution in [0.25, 0.3) is 0 Å². The Morgan fingerprint density at radius 2 is 0.844 bits per heavy atom. The molecule has 9 atom stereocenters. The van der Waals surface area contributed by atoms with E-state index in [0.29, 0.717) is 37.3 Å². The molecule has 0 radical (unpaired) electrons. The third kappa shape index (κ3) is 14.6. The van der Waals surface area contributed by atoms with Gasteiger partial charge in [-0.25, -0.2) is 23.7 Å². The van der Waals surface area contributed by atoms with Gasteiger partial charge in [0.1, 0.15) is 41.5 Å². The minimum atomic E-state index is -5.88. The van der Waals surface area contributed by atoms with Crippen molar-refractivity contribution in [1.29, 1.82) is 0 Å². The van der Waals surface area contributed by atoms with E-state index in [1.54, 1.807) is 103 Å². The minimum Gasteiger partial charge on any atom is -0.497 e. The topological polar surface area (TPSA) is 326 Å². The number of aromatic nitrogens is 4. The number of rotatable bonds is 23. The predicted octanol–water partition coefficient (Wildman–Crippen LogP) is 6.78. The molecule has 9 aromatic rings. The first kappa shape index (κ1) is 67.7. The lowest BCUT2D eigenvalue weighted by Gasteiger charge is -2.37. The Morgan fingerprint density at radius 1 is 0.469 bits per heavy atom. The molecule has 0 spiro atoms. The second-order valence-electron chi connectivity index (χ2n) is 21.5. The van der Waals surface area contributed by atoms with Gasteiger partial charge in [0, 0.05) is 35.7 Å². The summed E-state index contributed by atoms with van der Waals surface area (Å²) < 4.78 is 77.9. The maximum Gasteiger partial charge on any atom is 0.472 e. The highest BCUT2D eigenvalue weighted by atomic mass is 32.5. The zero-order chi connectivity index (χ0) is 67.9. The van der Waals surface area contributed by atoms with Gasteiger partial charge in [0.2, 0.25) is 0 Å². The van der Waals surface area contributed by atoms with E-state index in [-0.39, 0.29) is 31.4 Å². The average Bonchev–Trinajstić information content (AvgIpc) is 1.31. The van der Waals surface area contributed by atoms with Crippen molar-refractivity contribution in [3.63, 3.8) is 0 Å². The SMILES string of the molecule is COc1ccc(C(OC[C@H]2O[C@@H](n3ccc(=O)n(C(=O)c4ccccc4)c3=O)[C@H](OP(O)(O)=S)[C@@H]2OP(=O)(O)OC[C@H]2O[C@@H](n3ccc(=O)n(C(=O)c4ccccc4)c3=O)[C@H](OC(=O)c3ccccc3)[C@@H]2OC(=O)c2ccccc2)(c2ccccc2)c2ccc(OC)cc2)cc1. The molecule has 11 rings (SSSR count). The lowest BCUT2D eigenvalue weighted by Crippen LogP contribution is -2.47. The Morgan fingerprint density at radius 3 is 1.26 bits per heavy atom. The summed E-state index contributed by atoms with van der Waals surface area (Å²) in [7, 11) is -2.93. The van der Waals surface area contributed by atoms with E-state index in [2.05, 4.69) is 0 Å². The van der Waals surface area contributed by atoms with Gasteiger partial charge < -0.3 is 47.8 Å². The van der Waals surface area contributed by atoms with Gasteiger partial charge in [-0.3, -0.25) is 41.9 Å². The van der Waals surface area contributed by atoms with Crippen molar-refractivity contribution in [2.75, 3.05) is 27.4 Å². The number of benzene rings is 7. The van der Waals surface area contributed by atoms with Crippen LogP contribution in [0.1, 0.15) is 70.6 Å². The largest absolute Gasteiger partial charge is 0.497 e. The highest BCUT2D eigenvalue weighted by Gasteiger charge is 2.56. The van der Waals surface area contributed by atoms with Crippen LogP contribution < -0.4 is 32.0 Å². The van der Waals surface area contributed by atoms with Crippen LogP contribution in [0.3, 0.4) is 0 Å². The molecule has 96 heavy (non-hydrogen) atoms. The summed E-state index contributed by atoms with van der Waals surface area (Å²) in [4.78, 5) is 147. The monoisotopic (exact) mass is 1360 g/mol. The van der Waals surface area contributed by atoms with Gasteiger partial charge in [-0.1, -0.05) is 127 Å². The first-order valence-corrected chi connectivity index (χ1v) is 33.4. The minimum absolute atomic E-state index is 0.0459. The van der Waals surface area contributed by atoms with Crippen molar-refractivity contribution < 1.29 is 85.2 Å². The fourth-order valence-electron chi connectivity index (χ4n) is 11.1. The molecular weight excluding hydrogens is 1310 g/mol. The van der Waals surface area contributed by atoms with Crippen LogP contribution in [0.4, 0.5) is 0 Å². The maximum absolute atomic E-state index is 15.2. The number of ether oxygens (including phenoxy) is 7. The Labute approximate surface area is 550 Å². The molecular formula is C67H58N4O22P2S. The van der Waals surface area contributed by atoms with Crippen LogP contribution in [0.2, 0.25) is 0 Å². The van der Waals surface area contributed by atoms with Crippen LogP contribution in [0, 0.1) is 0 Å². The average molecular weight is 1370 g/mol. The van der Waals surface area contributed by atoms with Gasteiger partial charge in [-0.05, 0) is 101 Å². The fourth-order valence-corrected chi connectivity index (χ4v) is 12.9. The van der Waals surface area contributed by atoms with Gasteiger partial charge in [-0.15, -0.1) is 0 Å². The van der Waals surface area contributed by atoms with E-state index in [9.17, 15) is 53.0 Å². The molecule has 0 bridgehead atoms. The van der Waals surface area contributed by atoms with E-state index < -0.39 is 129 Å². The standard InChI is InChI=1S/C67H58N4O22P2S/c1-84-49-32-28-47(29-33-49)67(46-26-16-7-17-27-46,48-30-34-50(85-2)35-31-48)86-40-51-56(58(93-95(82,83)96)62(88-51)69-39-37-54(73)71(66(69)79)60(75)43-20-10-4-11-21-43)92-94(80,81)87-41-52-55(90-63(76)44-22-12-5-13-23-44)57(91-64(77)45-24-14-6-15-25-45)61(89-52)68-38-36-53(72)70(65(68)78)59(74)42-18-8-3-9-19-42/h3-39,51-52,55-58,61-62H,40-41H2,1-2H3,(H,80,81)(H2,82,83,96)/t51-,52-,55-,56-,57-,58-,61-,62-/m1/s1. The van der Waals surface area contributed by atoms with Gasteiger partial charge in [-0.2, -0.15) is 9.13 Å². The molecule has 4 heterocycles. The number of nitrogens with zero attached hydrogens (tertiary/aromatic N) is 4. The molecule has 26 nitrogen and oxygen atoms in total. The zero-order valence-corrected chi connectivity index (χ0v) is 53.2. The number of hydrogen-bond donors (Lipinski definition) is 3. The smallest absolute Gasteiger partial charge is 0.472 e. The van der Waals surface area contributed by atoms with Gasteiger partial charge >= 0.3 is 37.9 Å². The Hall–Kier alpha value is -9.70. The first-order valence-electron chi connectivity index (χ1n) is 29.3. The normalized spacial score (nSPS) is 20.0. The third-order valence-electron chi connectivity index (χ3n) is 15.6. The Kier molecular flexibility index (Phi) is 20.5. The van der Waals surface area contributed by atoms with Gasteiger partial charge in [0.05, 0.1) is 38.6 Å². The van der Waals surface area contributed by atoms with Crippen molar-refractivity contribution in [3.05, 3.63) is 305 Å². The number of methoxy groups -OCH3 is 2. The molecule has 0 saturated carbocycles. The number of phosphoric acid groups is 1. The molecule has 494 valence electrons. The van der Waals surface area contributed by atoms with E-state index in [0.717, 1.165) is 24.5 Å². The van der Waals surface area contributed by atoms with Gasteiger partial charge in [0.25, 0.3) is 22.9 Å². The third-order valence-corrected chi connectivity index (χ3v) is 17.4. The van der Waals surface area contributed by atoms with E-state index >= 15 is 4.57 Å². The summed E-state index contributed by atoms with van der Waals surface area (Å²) in [6.45, 7) is -6.99. The van der Waals surface area contributed by atoms with Crippen LogP contribution in [0.15, 0.2) is 244 Å². The first-order chi connectivity index (χ1) is 46.2. The second-order valence-corrected chi connectivity index (χ2v) is 25.5. The quantitative estimate of drug-likeness (QED) is 0.0337. The summed E-state index contributed by atoms with van der Waals surface area (Å²) in [6.07, 6.45) is -14.1. The van der Waals surface area contributed by atoms with Gasteiger partial charge in [0.15, 0.2) is 24.7 Å². The number of phosphoric ester groups is 1. The lowest BCUT2D eigenvalue weighted by atomic mass is 9.80. The number of esters is 2. The van der Waals surface area contributed by atoms with Crippen LogP contribution in [-0.4, -0.2) is 121 Å². The maximum atomic E-state index is 15.2. The van der Waals surface area contributed by atoms with E-state index in [1.165, 1.54) is 111 Å². The van der Waals surface area contributed by atoms with Crippen molar-refractivity contribution in [3.8, 4) is 11.5 Å². The predicted molar refractivity (Wildman–Crippen MR) is 344 cm³/mol. The van der Waals surface area contributed by atoms with Crippen molar-refractivity contribution in [2.45, 2.75) is 54.7 Å². The highest BCUT2D eigenvalue weighted by molar-refractivity contribution is 8.06. The second kappa shape index (κ2) is 29.1. The summed E-state index contributed by atoms with van der Waals surface area (Å²) in [5, 5.41) is 0. The van der Waals surface area contributed by atoms with Crippen LogP contribution in [-0.2, 0) is 59.2 Å². The molecule has 1 unspecified atom stereocenters.